The lowest BCUT2D eigenvalue weighted by atomic mass is 10.1. The van der Waals surface area contributed by atoms with Gasteiger partial charge in [0.15, 0.2) is 0 Å². The molecule has 1 N–H and O–H groups in total. The number of carbonyl (C=O) groups excluding carboxylic acids is 1. The van der Waals surface area contributed by atoms with E-state index in [0.29, 0.717) is 21.6 Å². The van der Waals surface area contributed by atoms with E-state index in [2.05, 4.69) is 10.5 Å². The van der Waals surface area contributed by atoms with E-state index in [1.165, 1.54) is 12.5 Å². The highest BCUT2D eigenvalue weighted by atomic mass is 35.5. The van der Waals surface area contributed by atoms with Crippen LogP contribution in [-0.4, -0.2) is 12.1 Å². The van der Waals surface area contributed by atoms with Crippen LogP contribution in [0.25, 0.3) is 11.0 Å². The third kappa shape index (κ3) is 3.36. The second-order valence-corrected chi connectivity index (χ2v) is 5.66. The zero-order valence-corrected chi connectivity index (χ0v) is 13.5. The second kappa shape index (κ2) is 6.68. The van der Waals surface area contributed by atoms with Crippen LogP contribution in [0.1, 0.15) is 21.5 Å². The minimum absolute atomic E-state index is 0.204. The van der Waals surface area contributed by atoms with Crippen molar-refractivity contribution in [3.05, 3.63) is 80.7 Å². The molecule has 0 spiro atoms. The zero-order valence-electron chi connectivity index (χ0n) is 12.7. The number of hydrazone groups is 1. The topological polar surface area (TPSA) is 71.7 Å². The second-order valence-electron chi connectivity index (χ2n) is 5.23. The molecular weight excluding hydrogens is 328 g/mol. The number of carbonyl (C=O) groups is 1. The predicted octanol–water partition coefficient (Wildman–Crippen LogP) is 3.52. The number of amides is 1. The van der Waals surface area contributed by atoms with Gasteiger partial charge in [-0.1, -0.05) is 23.2 Å². The van der Waals surface area contributed by atoms with E-state index in [1.807, 2.05) is 13.0 Å². The Labute approximate surface area is 142 Å². The Balaban J connectivity index is 1.80. The smallest absolute Gasteiger partial charge is 0.271 e. The van der Waals surface area contributed by atoms with Crippen molar-refractivity contribution in [2.75, 3.05) is 0 Å². The van der Waals surface area contributed by atoms with Gasteiger partial charge in [0.05, 0.1) is 17.2 Å². The van der Waals surface area contributed by atoms with E-state index in [0.717, 1.165) is 5.56 Å². The largest absolute Gasteiger partial charge is 0.463 e. The molecule has 0 aliphatic carbocycles. The van der Waals surface area contributed by atoms with Gasteiger partial charge in [0.1, 0.15) is 11.8 Å². The van der Waals surface area contributed by atoms with Gasteiger partial charge >= 0.3 is 0 Å². The monoisotopic (exact) mass is 340 g/mol. The van der Waals surface area contributed by atoms with Crippen molar-refractivity contribution >= 4 is 34.7 Å². The van der Waals surface area contributed by atoms with Crippen molar-refractivity contribution in [1.29, 1.82) is 0 Å². The summed E-state index contributed by atoms with van der Waals surface area (Å²) in [5.74, 6) is -0.399. The van der Waals surface area contributed by atoms with Crippen LogP contribution in [0.2, 0.25) is 5.02 Å². The van der Waals surface area contributed by atoms with Crippen molar-refractivity contribution in [3.63, 3.8) is 0 Å². The van der Waals surface area contributed by atoms with Gasteiger partial charge < -0.3 is 4.42 Å². The van der Waals surface area contributed by atoms with Crippen LogP contribution in [0.5, 0.6) is 0 Å². The maximum Gasteiger partial charge on any atom is 0.271 e. The lowest BCUT2D eigenvalue weighted by Gasteiger charge is -2.01. The van der Waals surface area contributed by atoms with E-state index in [1.54, 1.807) is 36.4 Å². The van der Waals surface area contributed by atoms with Gasteiger partial charge in [-0.05, 0) is 43.3 Å². The number of nitrogens with one attached hydrogen (secondary N) is 1. The SMILES string of the molecule is Cc1ccc2occ(/C=N\NC(=O)c3ccc(Cl)cc3)c(=O)c2c1. The first-order chi connectivity index (χ1) is 11.5. The lowest BCUT2D eigenvalue weighted by Crippen LogP contribution is -2.18. The molecule has 0 fully saturated rings. The van der Waals surface area contributed by atoms with Gasteiger partial charge in [-0.3, -0.25) is 9.59 Å². The predicted molar refractivity (Wildman–Crippen MR) is 93.7 cm³/mol. The minimum Gasteiger partial charge on any atom is -0.463 e. The van der Waals surface area contributed by atoms with Crippen LogP contribution in [-0.2, 0) is 0 Å². The van der Waals surface area contributed by atoms with Gasteiger partial charge in [-0.25, -0.2) is 5.43 Å². The summed E-state index contributed by atoms with van der Waals surface area (Å²) >= 11 is 5.77. The van der Waals surface area contributed by atoms with Gasteiger partial charge in [-0.15, -0.1) is 0 Å². The average molecular weight is 341 g/mol. The number of aryl methyl sites for hydroxylation is 1. The molecule has 6 heteroatoms. The van der Waals surface area contributed by atoms with Gasteiger partial charge in [0.25, 0.3) is 5.91 Å². The van der Waals surface area contributed by atoms with E-state index < -0.39 is 5.91 Å². The van der Waals surface area contributed by atoms with Crippen LogP contribution in [0.3, 0.4) is 0 Å². The molecule has 2 aromatic carbocycles. The van der Waals surface area contributed by atoms with Crippen molar-refractivity contribution < 1.29 is 9.21 Å². The summed E-state index contributed by atoms with van der Waals surface area (Å²) in [4.78, 5) is 24.3. The molecule has 120 valence electrons. The van der Waals surface area contributed by atoms with Gasteiger partial charge in [0, 0.05) is 10.6 Å². The first-order valence-electron chi connectivity index (χ1n) is 7.16. The number of rotatable bonds is 3. The fourth-order valence-electron chi connectivity index (χ4n) is 2.18. The fourth-order valence-corrected chi connectivity index (χ4v) is 2.30. The van der Waals surface area contributed by atoms with Crippen molar-refractivity contribution in [2.45, 2.75) is 6.92 Å². The molecule has 0 aliphatic heterocycles. The molecule has 0 unspecified atom stereocenters. The Kier molecular flexibility index (Phi) is 4.44. The molecule has 3 rings (SSSR count). The van der Waals surface area contributed by atoms with Crippen LogP contribution < -0.4 is 10.9 Å². The molecule has 1 heterocycles. The summed E-state index contributed by atoms with van der Waals surface area (Å²) < 4.78 is 5.42. The standard InChI is InChI=1S/C18H13ClN2O3/c1-11-2-7-16-15(8-11)17(22)13(10-24-16)9-20-21-18(23)12-3-5-14(19)6-4-12/h2-10H,1H3,(H,21,23)/b20-9-. The number of halogens is 1. The molecule has 1 aromatic heterocycles. The molecule has 0 aliphatic rings. The Bertz CT molecular complexity index is 991. The molecule has 0 saturated carbocycles. The fraction of sp³-hybridized carbons (Fsp3) is 0.0556. The summed E-state index contributed by atoms with van der Waals surface area (Å²) in [6.45, 7) is 1.89. The summed E-state index contributed by atoms with van der Waals surface area (Å²) in [5, 5.41) is 4.83. The third-order valence-corrected chi connectivity index (χ3v) is 3.68. The average Bonchev–Trinajstić information content (AvgIpc) is 2.58. The lowest BCUT2D eigenvalue weighted by molar-refractivity contribution is 0.0955. The highest BCUT2D eigenvalue weighted by Crippen LogP contribution is 2.12. The molecule has 1 amide bonds. The van der Waals surface area contributed by atoms with Crippen LogP contribution in [0.4, 0.5) is 0 Å². The maximum atomic E-state index is 12.4. The van der Waals surface area contributed by atoms with E-state index in [4.69, 9.17) is 16.0 Å². The molecule has 3 aromatic rings. The van der Waals surface area contributed by atoms with Gasteiger partial charge in [-0.2, -0.15) is 5.10 Å². The maximum absolute atomic E-state index is 12.4. The van der Waals surface area contributed by atoms with E-state index >= 15 is 0 Å². The summed E-state index contributed by atoms with van der Waals surface area (Å²) in [6, 6.07) is 11.8. The molecular formula is C18H13ClN2O3. The quantitative estimate of drug-likeness (QED) is 0.585. The summed E-state index contributed by atoms with van der Waals surface area (Å²) in [6.07, 6.45) is 2.58. The first-order valence-corrected chi connectivity index (χ1v) is 7.53. The van der Waals surface area contributed by atoms with Crippen molar-refractivity contribution in [1.82, 2.24) is 5.43 Å². The molecule has 24 heavy (non-hydrogen) atoms. The highest BCUT2D eigenvalue weighted by molar-refractivity contribution is 6.30. The zero-order chi connectivity index (χ0) is 17.1. The summed E-state index contributed by atoms with van der Waals surface area (Å²) in [5.41, 5.74) is 4.29. The number of fused-ring (bicyclic) bond motifs is 1. The molecule has 0 radical (unpaired) electrons. The molecule has 0 atom stereocenters. The van der Waals surface area contributed by atoms with Gasteiger partial charge in [0.2, 0.25) is 5.43 Å². The Morgan fingerprint density at radius 3 is 2.71 bits per heavy atom. The Morgan fingerprint density at radius 2 is 1.96 bits per heavy atom. The highest BCUT2D eigenvalue weighted by Gasteiger charge is 2.06. The minimum atomic E-state index is -0.399. The Hall–Kier alpha value is -2.92. The summed E-state index contributed by atoms with van der Waals surface area (Å²) in [7, 11) is 0. The Morgan fingerprint density at radius 1 is 1.21 bits per heavy atom. The normalized spacial score (nSPS) is 11.1. The van der Waals surface area contributed by atoms with Crippen LogP contribution in [0.15, 0.2) is 63.0 Å². The van der Waals surface area contributed by atoms with Crippen molar-refractivity contribution in [3.8, 4) is 0 Å². The molecule has 5 nitrogen and oxygen atoms in total. The van der Waals surface area contributed by atoms with Crippen molar-refractivity contribution in [2.24, 2.45) is 5.10 Å². The van der Waals surface area contributed by atoms with E-state index in [9.17, 15) is 9.59 Å². The number of benzene rings is 2. The number of hydrogen-bond donors (Lipinski definition) is 1. The molecule has 0 bridgehead atoms. The number of nitrogens with zero attached hydrogens (tertiary/aromatic N) is 1. The van der Waals surface area contributed by atoms with Crippen LogP contribution >= 0.6 is 11.6 Å². The third-order valence-electron chi connectivity index (χ3n) is 3.43. The van der Waals surface area contributed by atoms with E-state index in [-0.39, 0.29) is 11.0 Å². The molecule has 0 saturated heterocycles. The number of hydrogen-bond acceptors (Lipinski definition) is 4. The first kappa shape index (κ1) is 16.0. The van der Waals surface area contributed by atoms with Crippen LogP contribution in [0, 0.1) is 6.92 Å².